The van der Waals surface area contributed by atoms with Crippen molar-refractivity contribution in [3.05, 3.63) is 33.6 Å². The highest BCUT2D eigenvalue weighted by Crippen LogP contribution is 2.45. The fourth-order valence-electron chi connectivity index (χ4n) is 2.08. The number of amides is 1. The first-order chi connectivity index (χ1) is 8.66. The van der Waals surface area contributed by atoms with Crippen LogP contribution in [0.15, 0.2) is 16.8 Å². The molecule has 1 amide bonds. The minimum Gasteiger partial charge on any atom is -0.308 e. The predicted molar refractivity (Wildman–Crippen MR) is 75.2 cm³/mol. The normalized spacial score (nSPS) is 23.3. The monoisotopic (exact) mass is 279 g/mol. The standard InChI is InChI=1S/C12H13N3OS2/c1-6-9-10(8-3-4-17-5-8)18-7(2)12(16)13-11(9)15-14-6/h3-5,7,10H,1-2H3,(H2,13,14,15,16)/t7-,10-/m1/s1. The van der Waals surface area contributed by atoms with Gasteiger partial charge < -0.3 is 5.32 Å². The van der Waals surface area contributed by atoms with Crippen molar-refractivity contribution in [1.29, 1.82) is 0 Å². The van der Waals surface area contributed by atoms with Crippen molar-refractivity contribution in [2.24, 2.45) is 0 Å². The van der Waals surface area contributed by atoms with Crippen molar-refractivity contribution in [3.8, 4) is 0 Å². The molecular formula is C12H13N3OS2. The molecule has 0 aliphatic carbocycles. The van der Waals surface area contributed by atoms with Gasteiger partial charge in [0.25, 0.3) is 0 Å². The average molecular weight is 279 g/mol. The molecule has 2 aromatic rings. The maximum Gasteiger partial charge on any atom is 0.238 e. The van der Waals surface area contributed by atoms with Crippen LogP contribution in [0, 0.1) is 6.92 Å². The lowest BCUT2D eigenvalue weighted by Gasteiger charge is -2.15. The first-order valence-corrected chi connectivity index (χ1v) is 7.58. The number of carbonyl (C=O) groups excluding carboxylic acids is 1. The van der Waals surface area contributed by atoms with Crippen molar-refractivity contribution in [1.82, 2.24) is 10.2 Å². The first kappa shape index (κ1) is 11.8. The Labute approximate surface area is 113 Å². The van der Waals surface area contributed by atoms with E-state index in [0.29, 0.717) is 5.82 Å². The Kier molecular flexibility index (Phi) is 2.91. The van der Waals surface area contributed by atoms with Crippen molar-refractivity contribution >= 4 is 34.8 Å². The minimum atomic E-state index is -0.0801. The molecule has 0 saturated heterocycles. The second kappa shape index (κ2) is 4.44. The Bertz CT molecular complexity index is 576. The van der Waals surface area contributed by atoms with Gasteiger partial charge in [-0.15, -0.1) is 11.8 Å². The lowest BCUT2D eigenvalue weighted by Crippen LogP contribution is -2.21. The third-order valence-electron chi connectivity index (χ3n) is 3.05. The molecule has 1 aliphatic heterocycles. The summed E-state index contributed by atoms with van der Waals surface area (Å²) in [5.74, 6) is 0.691. The fraction of sp³-hybridized carbons (Fsp3) is 0.333. The molecule has 0 fully saturated rings. The SMILES string of the molecule is Cc1[nH]nc2c1[C@@H](c1ccsc1)S[C@H](C)C(=O)N2. The number of aromatic nitrogens is 2. The van der Waals surface area contributed by atoms with Crippen molar-refractivity contribution in [3.63, 3.8) is 0 Å². The first-order valence-electron chi connectivity index (χ1n) is 5.70. The van der Waals surface area contributed by atoms with Crippen LogP contribution < -0.4 is 5.32 Å². The molecule has 0 saturated carbocycles. The zero-order chi connectivity index (χ0) is 12.7. The van der Waals surface area contributed by atoms with Gasteiger partial charge in [0.2, 0.25) is 5.91 Å². The summed E-state index contributed by atoms with van der Waals surface area (Å²) in [5.41, 5.74) is 3.35. The molecule has 3 rings (SSSR count). The summed E-state index contributed by atoms with van der Waals surface area (Å²) in [7, 11) is 0. The summed E-state index contributed by atoms with van der Waals surface area (Å²) in [6.45, 7) is 3.93. The van der Waals surface area contributed by atoms with Gasteiger partial charge >= 0.3 is 0 Å². The number of carbonyl (C=O) groups is 1. The van der Waals surface area contributed by atoms with E-state index in [1.54, 1.807) is 23.1 Å². The molecule has 0 unspecified atom stereocenters. The van der Waals surface area contributed by atoms with Crippen LogP contribution in [0.5, 0.6) is 0 Å². The molecule has 6 heteroatoms. The summed E-state index contributed by atoms with van der Waals surface area (Å²) in [5, 5.41) is 14.3. The Morgan fingerprint density at radius 1 is 1.44 bits per heavy atom. The van der Waals surface area contributed by atoms with E-state index < -0.39 is 0 Å². The van der Waals surface area contributed by atoms with E-state index in [1.165, 1.54) is 5.56 Å². The Hall–Kier alpha value is -1.27. The molecule has 0 bridgehead atoms. The maximum absolute atomic E-state index is 11.9. The van der Waals surface area contributed by atoms with Crippen LogP contribution in [0.1, 0.15) is 29.0 Å². The van der Waals surface area contributed by atoms with Crippen molar-refractivity contribution in [2.45, 2.75) is 24.3 Å². The number of anilines is 1. The summed E-state index contributed by atoms with van der Waals surface area (Å²) in [6, 6.07) is 2.11. The van der Waals surface area contributed by atoms with Gasteiger partial charge in [0.15, 0.2) is 5.82 Å². The number of nitrogens with one attached hydrogen (secondary N) is 2. The average Bonchev–Trinajstić information content (AvgIpc) is 2.95. The smallest absolute Gasteiger partial charge is 0.238 e. The topological polar surface area (TPSA) is 57.8 Å². The molecule has 18 heavy (non-hydrogen) atoms. The van der Waals surface area contributed by atoms with Crippen LogP contribution in [-0.4, -0.2) is 21.4 Å². The summed E-state index contributed by atoms with van der Waals surface area (Å²) >= 11 is 3.35. The number of hydrogen-bond donors (Lipinski definition) is 2. The Morgan fingerprint density at radius 3 is 3.00 bits per heavy atom. The van der Waals surface area contributed by atoms with Crippen LogP contribution in [0.2, 0.25) is 0 Å². The van der Waals surface area contributed by atoms with Gasteiger partial charge in [-0.2, -0.15) is 16.4 Å². The van der Waals surface area contributed by atoms with Crippen molar-refractivity contribution < 1.29 is 4.79 Å². The van der Waals surface area contributed by atoms with Gasteiger partial charge in [-0.1, -0.05) is 0 Å². The summed E-state index contributed by atoms with van der Waals surface area (Å²) in [6.07, 6.45) is 0. The van der Waals surface area contributed by atoms with E-state index in [1.807, 2.05) is 13.8 Å². The van der Waals surface area contributed by atoms with E-state index >= 15 is 0 Å². The van der Waals surface area contributed by atoms with Gasteiger partial charge in [0.1, 0.15) is 0 Å². The molecule has 0 spiro atoms. The molecule has 2 atom stereocenters. The number of H-pyrrole nitrogens is 1. The molecule has 2 N–H and O–H groups in total. The molecule has 3 heterocycles. The van der Waals surface area contributed by atoms with E-state index in [9.17, 15) is 4.79 Å². The Balaban J connectivity index is 2.12. The van der Waals surface area contributed by atoms with Gasteiger partial charge in [-0.05, 0) is 36.2 Å². The number of fused-ring (bicyclic) bond motifs is 1. The maximum atomic E-state index is 11.9. The van der Waals surface area contributed by atoms with Crippen LogP contribution in [0.3, 0.4) is 0 Å². The molecule has 2 aromatic heterocycles. The summed E-state index contributed by atoms with van der Waals surface area (Å²) < 4.78 is 0. The largest absolute Gasteiger partial charge is 0.308 e. The van der Waals surface area contributed by atoms with E-state index in [4.69, 9.17) is 0 Å². The second-order valence-corrected chi connectivity index (χ2v) is 6.55. The highest BCUT2D eigenvalue weighted by Gasteiger charge is 2.32. The highest BCUT2D eigenvalue weighted by molar-refractivity contribution is 8.01. The van der Waals surface area contributed by atoms with E-state index in [-0.39, 0.29) is 16.4 Å². The molecule has 4 nitrogen and oxygen atoms in total. The third-order valence-corrected chi connectivity index (χ3v) is 5.16. The van der Waals surface area contributed by atoms with Gasteiger partial charge in [0.05, 0.1) is 10.5 Å². The number of nitrogens with zero attached hydrogens (tertiary/aromatic N) is 1. The van der Waals surface area contributed by atoms with E-state index in [0.717, 1.165) is 11.3 Å². The van der Waals surface area contributed by atoms with Crippen molar-refractivity contribution in [2.75, 3.05) is 5.32 Å². The molecule has 94 valence electrons. The number of aryl methyl sites for hydroxylation is 1. The van der Waals surface area contributed by atoms with Gasteiger partial charge in [-0.25, -0.2) is 0 Å². The number of thiophene rings is 1. The highest BCUT2D eigenvalue weighted by atomic mass is 32.2. The number of aromatic amines is 1. The number of hydrogen-bond acceptors (Lipinski definition) is 4. The van der Waals surface area contributed by atoms with Crippen LogP contribution >= 0.6 is 23.1 Å². The van der Waals surface area contributed by atoms with Crippen LogP contribution in [-0.2, 0) is 4.79 Å². The lowest BCUT2D eigenvalue weighted by atomic mass is 10.1. The molecule has 0 radical (unpaired) electrons. The van der Waals surface area contributed by atoms with E-state index in [2.05, 4.69) is 32.3 Å². The number of thioether (sulfide) groups is 1. The van der Waals surface area contributed by atoms with Gasteiger partial charge in [0, 0.05) is 11.3 Å². The molecule has 1 aliphatic rings. The lowest BCUT2D eigenvalue weighted by molar-refractivity contribution is -0.115. The molecular weight excluding hydrogens is 266 g/mol. The molecule has 0 aromatic carbocycles. The third kappa shape index (κ3) is 1.85. The number of rotatable bonds is 1. The van der Waals surface area contributed by atoms with Crippen LogP contribution in [0.25, 0.3) is 0 Å². The fourth-order valence-corrected chi connectivity index (χ4v) is 4.17. The van der Waals surface area contributed by atoms with Crippen LogP contribution in [0.4, 0.5) is 5.82 Å². The predicted octanol–water partition coefficient (Wildman–Crippen LogP) is 2.94. The zero-order valence-electron chi connectivity index (χ0n) is 10.1. The summed E-state index contributed by atoms with van der Waals surface area (Å²) in [4.78, 5) is 11.9. The second-order valence-electron chi connectivity index (χ2n) is 4.32. The zero-order valence-corrected chi connectivity index (χ0v) is 11.7. The quantitative estimate of drug-likeness (QED) is 0.844. The minimum absolute atomic E-state index is 0.0190. The Morgan fingerprint density at radius 2 is 2.28 bits per heavy atom. The van der Waals surface area contributed by atoms with Gasteiger partial charge in [-0.3, -0.25) is 9.89 Å².